The Morgan fingerprint density at radius 3 is 2.45 bits per heavy atom. The fourth-order valence-electron chi connectivity index (χ4n) is 2.08. The van der Waals surface area contributed by atoms with E-state index in [1.807, 2.05) is 54.6 Å². The van der Waals surface area contributed by atoms with Gasteiger partial charge in [0, 0.05) is 12.1 Å². The molecule has 0 spiro atoms. The molecule has 0 aliphatic rings. The number of carbonyl (C=O) groups excluding carboxylic acids is 1. The van der Waals surface area contributed by atoms with Crippen LogP contribution in [0.4, 0.5) is 0 Å². The quantitative estimate of drug-likeness (QED) is 0.844. The van der Waals surface area contributed by atoms with Crippen molar-refractivity contribution in [2.45, 2.75) is 12.6 Å². The number of hydrogen-bond acceptors (Lipinski definition) is 3. The third-order valence-electron chi connectivity index (χ3n) is 3.09. The lowest BCUT2D eigenvalue weighted by Crippen LogP contribution is -2.33. The van der Waals surface area contributed by atoms with Crippen molar-refractivity contribution < 1.29 is 9.53 Å². The van der Waals surface area contributed by atoms with Gasteiger partial charge in [-0.2, -0.15) is 0 Å². The van der Waals surface area contributed by atoms with Crippen LogP contribution in [-0.4, -0.2) is 13.0 Å². The van der Waals surface area contributed by atoms with Crippen LogP contribution in [0.25, 0.3) is 0 Å². The molecule has 0 aliphatic heterocycles. The molecule has 1 unspecified atom stereocenters. The highest BCUT2D eigenvalue weighted by Gasteiger charge is 2.20. The second-order valence-corrected chi connectivity index (χ2v) is 4.44. The van der Waals surface area contributed by atoms with Crippen LogP contribution in [0, 0.1) is 0 Å². The number of ether oxygens (including phenoxy) is 1. The molecule has 0 fully saturated rings. The molecule has 0 radical (unpaired) electrons. The molecule has 1 amide bonds. The number of benzene rings is 2. The van der Waals surface area contributed by atoms with Crippen LogP contribution in [-0.2, 0) is 11.3 Å². The summed E-state index contributed by atoms with van der Waals surface area (Å²) in [6, 6.07) is 16.7. The summed E-state index contributed by atoms with van der Waals surface area (Å²) in [4.78, 5) is 11.7. The van der Waals surface area contributed by atoms with E-state index in [-0.39, 0.29) is 0 Å². The van der Waals surface area contributed by atoms with E-state index < -0.39 is 11.9 Å². The largest absolute Gasteiger partial charge is 0.496 e. The molecule has 0 saturated heterocycles. The first-order chi connectivity index (χ1) is 9.72. The average molecular weight is 270 g/mol. The van der Waals surface area contributed by atoms with Crippen molar-refractivity contribution in [3.63, 3.8) is 0 Å². The van der Waals surface area contributed by atoms with Gasteiger partial charge in [-0.05, 0) is 11.6 Å². The van der Waals surface area contributed by atoms with E-state index in [4.69, 9.17) is 10.5 Å². The molecule has 0 aromatic heterocycles. The lowest BCUT2D eigenvalue weighted by atomic mass is 10.0. The summed E-state index contributed by atoms with van der Waals surface area (Å²) < 4.78 is 5.28. The third-order valence-corrected chi connectivity index (χ3v) is 3.09. The molecule has 4 nitrogen and oxygen atoms in total. The van der Waals surface area contributed by atoms with Crippen LogP contribution in [0.5, 0.6) is 5.75 Å². The molecule has 3 N–H and O–H groups in total. The first-order valence-electron chi connectivity index (χ1n) is 6.42. The van der Waals surface area contributed by atoms with Gasteiger partial charge in [0.1, 0.15) is 11.8 Å². The van der Waals surface area contributed by atoms with Gasteiger partial charge in [-0.15, -0.1) is 0 Å². The zero-order valence-corrected chi connectivity index (χ0v) is 11.4. The second-order valence-electron chi connectivity index (χ2n) is 4.44. The molecule has 104 valence electrons. The highest BCUT2D eigenvalue weighted by molar-refractivity contribution is 5.82. The standard InChI is InChI=1S/C16H18N2O2/c1-20-14-10-6-5-9-13(14)15(16(17)19)18-11-12-7-3-2-4-8-12/h2-10,15,18H,11H2,1H3,(H2,17,19). The van der Waals surface area contributed by atoms with Gasteiger partial charge in [-0.3, -0.25) is 10.1 Å². The molecule has 0 saturated carbocycles. The molecule has 2 aromatic carbocycles. The number of para-hydroxylation sites is 1. The minimum atomic E-state index is -0.577. The number of amides is 1. The Hall–Kier alpha value is -2.33. The number of hydrogen-bond donors (Lipinski definition) is 2. The smallest absolute Gasteiger partial charge is 0.239 e. The second kappa shape index (κ2) is 6.73. The van der Waals surface area contributed by atoms with E-state index in [9.17, 15) is 4.79 Å². The van der Waals surface area contributed by atoms with Gasteiger partial charge in [-0.25, -0.2) is 0 Å². The average Bonchev–Trinajstić information content (AvgIpc) is 2.48. The molecule has 20 heavy (non-hydrogen) atoms. The Morgan fingerprint density at radius 2 is 1.80 bits per heavy atom. The van der Waals surface area contributed by atoms with E-state index in [0.717, 1.165) is 11.1 Å². The van der Waals surface area contributed by atoms with Crippen LogP contribution >= 0.6 is 0 Å². The summed E-state index contributed by atoms with van der Waals surface area (Å²) in [5, 5.41) is 3.17. The summed E-state index contributed by atoms with van der Waals surface area (Å²) in [5.74, 6) is 0.224. The zero-order valence-electron chi connectivity index (χ0n) is 11.4. The van der Waals surface area contributed by atoms with E-state index in [1.54, 1.807) is 7.11 Å². The van der Waals surface area contributed by atoms with Gasteiger partial charge >= 0.3 is 0 Å². The molecule has 0 heterocycles. The van der Waals surface area contributed by atoms with Crippen molar-refractivity contribution in [2.75, 3.05) is 7.11 Å². The SMILES string of the molecule is COc1ccccc1C(NCc1ccccc1)C(N)=O. The number of carbonyl (C=O) groups is 1. The van der Waals surface area contributed by atoms with E-state index in [2.05, 4.69) is 5.32 Å². The summed E-state index contributed by atoms with van der Waals surface area (Å²) in [6.07, 6.45) is 0. The van der Waals surface area contributed by atoms with Crippen molar-refractivity contribution in [1.29, 1.82) is 0 Å². The van der Waals surface area contributed by atoms with Gasteiger partial charge in [0.25, 0.3) is 0 Å². The topological polar surface area (TPSA) is 64.3 Å². The normalized spacial score (nSPS) is 11.8. The Balaban J connectivity index is 2.17. The fourth-order valence-corrected chi connectivity index (χ4v) is 2.08. The molecule has 0 aliphatic carbocycles. The van der Waals surface area contributed by atoms with Gasteiger partial charge in [0.15, 0.2) is 0 Å². The van der Waals surface area contributed by atoms with Crippen LogP contribution in [0.1, 0.15) is 17.2 Å². The predicted octanol–water partition coefficient (Wildman–Crippen LogP) is 2.01. The van der Waals surface area contributed by atoms with Crippen LogP contribution in [0.15, 0.2) is 54.6 Å². The van der Waals surface area contributed by atoms with E-state index in [0.29, 0.717) is 12.3 Å². The highest BCUT2D eigenvalue weighted by atomic mass is 16.5. The summed E-state index contributed by atoms with van der Waals surface area (Å²) in [5.41, 5.74) is 7.34. The Bertz CT molecular complexity index is 570. The van der Waals surface area contributed by atoms with Crippen molar-refractivity contribution in [1.82, 2.24) is 5.32 Å². The number of methoxy groups -OCH3 is 1. The first-order valence-corrected chi connectivity index (χ1v) is 6.42. The maximum atomic E-state index is 11.7. The van der Waals surface area contributed by atoms with Crippen molar-refractivity contribution in [3.8, 4) is 5.75 Å². The number of rotatable bonds is 6. The van der Waals surface area contributed by atoms with Crippen molar-refractivity contribution in [2.24, 2.45) is 5.73 Å². The minimum Gasteiger partial charge on any atom is -0.496 e. The zero-order chi connectivity index (χ0) is 14.4. The third kappa shape index (κ3) is 3.36. The Morgan fingerprint density at radius 1 is 1.15 bits per heavy atom. The molecule has 0 bridgehead atoms. The summed E-state index contributed by atoms with van der Waals surface area (Å²) in [7, 11) is 1.58. The number of nitrogens with one attached hydrogen (secondary N) is 1. The highest BCUT2D eigenvalue weighted by Crippen LogP contribution is 2.24. The van der Waals surface area contributed by atoms with Crippen LogP contribution < -0.4 is 15.8 Å². The maximum Gasteiger partial charge on any atom is 0.239 e. The first kappa shape index (κ1) is 14.1. The number of nitrogens with two attached hydrogens (primary N) is 1. The molecule has 4 heteroatoms. The predicted molar refractivity (Wildman–Crippen MR) is 78.2 cm³/mol. The van der Waals surface area contributed by atoms with Crippen LogP contribution in [0.3, 0.4) is 0 Å². The van der Waals surface area contributed by atoms with Gasteiger partial charge in [-0.1, -0.05) is 48.5 Å². The molecular weight excluding hydrogens is 252 g/mol. The maximum absolute atomic E-state index is 11.7. The van der Waals surface area contributed by atoms with E-state index in [1.165, 1.54) is 0 Å². The van der Waals surface area contributed by atoms with Gasteiger partial charge in [0.2, 0.25) is 5.91 Å². The van der Waals surface area contributed by atoms with E-state index >= 15 is 0 Å². The summed E-state index contributed by atoms with van der Waals surface area (Å²) >= 11 is 0. The van der Waals surface area contributed by atoms with Crippen molar-refractivity contribution >= 4 is 5.91 Å². The molecule has 2 aromatic rings. The Kier molecular flexibility index (Phi) is 4.74. The van der Waals surface area contributed by atoms with Gasteiger partial charge in [0.05, 0.1) is 7.11 Å². The van der Waals surface area contributed by atoms with Crippen molar-refractivity contribution in [3.05, 3.63) is 65.7 Å². The van der Waals surface area contributed by atoms with Gasteiger partial charge < -0.3 is 10.5 Å². The molecular formula is C16H18N2O2. The molecule has 2 rings (SSSR count). The monoisotopic (exact) mass is 270 g/mol. The molecule has 1 atom stereocenters. The lowest BCUT2D eigenvalue weighted by molar-refractivity contribution is -0.120. The Labute approximate surface area is 118 Å². The minimum absolute atomic E-state index is 0.426. The fraction of sp³-hybridized carbons (Fsp3) is 0.188. The summed E-state index contributed by atoms with van der Waals surface area (Å²) in [6.45, 7) is 0.562. The van der Waals surface area contributed by atoms with Crippen LogP contribution in [0.2, 0.25) is 0 Å². The lowest BCUT2D eigenvalue weighted by Gasteiger charge is -2.18. The number of primary amides is 1.